The van der Waals surface area contributed by atoms with Crippen molar-refractivity contribution in [1.82, 2.24) is 9.97 Å². The third-order valence-electron chi connectivity index (χ3n) is 3.44. The first-order valence-electron chi connectivity index (χ1n) is 6.26. The van der Waals surface area contributed by atoms with Crippen LogP contribution >= 0.6 is 0 Å². The first-order valence-corrected chi connectivity index (χ1v) is 6.26. The van der Waals surface area contributed by atoms with Crippen LogP contribution in [-0.2, 0) is 0 Å². The summed E-state index contributed by atoms with van der Waals surface area (Å²) in [6.07, 6.45) is 4.47. The predicted molar refractivity (Wildman–Crippen MR) is 70.5 cm³/mol. The maximum Gasteiger partial charge on any atom is 0.132 e. The van der Waals surface area contributed by atoms with Crippen LogP contribution in [0.15, 0.2) is 24.4 Å². The Balaban J connectivity index is 2.02. The molecule has 0 atom stereocenters. The molecule has 0 bridgehead atoms. The Labute approximate surface area is 101 Å². The summed E-state index contributed by atoms with van der Waals surface area (Å²) in [6.45, 7) is 3.16. The summed E-state index contributed by atoms with van der Waals surface area (Å²) >= 11 is 0. The van der Waals surface area contributed by atoms with Gasteiger partial charge in [-0.2, -0.15) is 0 Å². The minimum absolute atomic E-state index is 0.623. The summed E-state index contributed by atoms with van der Waals surface area (Å²) in [7, 11) is 2.10. The van der Waals surface area contributed by atoms with Gasteiger partial charge in [-0.25, -0.2) is 9.97 Å². The number of hydrogen-bond acceptors (Lipinski definition) is 3. The summed E-state index contributed by atoms with van der Waals surface area (Å²) in [5.74, 6) is 1.64. The fourth-order valence-electron chi connectivity index (χ4n) is 1.99. The van der Waals surface area contributed by atoms with E-state index in [0.717, 1.165) is 23.3 Å². The number of fused-ring (bicyclic) bond motifs is 1. The first-order chi connectivity index (χ1) is 8.28. The lowest BCUT2D eigenvalue weighted by Crippen LogP contribution is -2.15. The number of hydrogen-bond donors (Lipinski definition) is 0. The van der Waals surface area contributed by atoms with E-state index in [2.05, 4.69) is 47.0 Å². The molecule has 1 aliphatic rings. The summed E-state index contributed by atoms with van der Waals surface area (Å²) in [5.41, 5.74) is 2.29. The molecule has 88 valence electrons. The molecule has 1 aromatic heterocycles. The van der Waals surface area contributed by atoms with Gasteiger partial charge in [0.25, 0.3) is 0 Å². The molecule has 0 saturated heterocycles. The van der Waals surface area contributed by atoms with Crippen LogP contribution in [0.3, 0.4) is 0 Å². The second-order valence-electron chi connectivity index (χ2n) is 4.76. The van der Waals surface area contributed by atoms with Gasteiger partial charge < -0.3 is 4.90 Å². The average Bonchev–Trinajstić information content (AvgIpc) is 3.21. The largest absolute Gasteiger partial charge is 0.375 e. The van der Waals surface area contributed by atoms with E-state index in [1.165, 1.54) is 18.5 Å². The maximum absolute atomic E-state index is 4.63. The molecular weight excluding hydrogens is 210 g/mol. The lowest BCUT2D eigenvalue weighted by Gasteiger charge is -2.16. The zero-order chi connectivity index (χ0) is 11.8. The molecule has 0 aliphatic heterocycles. The van der Waals surface area contributed by atoms with Gasteiger partial charge in [-0.15, -0.1) is 0 Å². The van der Waals surface area contributed by atoms with Gasteiger partial charge >= 0.3 is 0 Å². The van der Waals surface area contributed by atoms with Crippen LogP contribution in [0.5, 0.6) is 0 Å². The molecule has 0 N–H and O–H groups in total. The van der Waals surface area contributed by atoms with Crippen molar-refractivity contribution in [3.8, 4) is 0 Å². The van der Waals surface area contributed by atoms with Crippen molar-refractivity contribution >= 4 is 16.6 Å². The van der Waals surface area contributed by atoms with Gasteiger partial charge in [0.15, 0.2) is 0 Å². The van der Waals surface area contributed by atoms with Crippen LogP contribution in [0.1, 0.15) is 31.5 Å². The van der Waals surface area contributed by atoms with Crippen LogP contribution in [0.4, 0.5) is 5.69 Å². The molecule has 1 saturated carbocycles. The fourth-order valence-corrected chi connectivity index (χ4v) is 1.99. The molecule has 1 heterocycles. The first kappa shape index (κ1) is 10.5. The number of rotatable bonds is 3. The normalized spacial score (nSPS) is 15.2. The second kappa shape index (κ2) is 3.99. The molecule has 1 fully saturated rings. The highest BCUT2D eigenvalue weighted by Gasteiger charge is 2.26. The van der Waals surface area contributed by atoms with Gasteiger partial charge in [-0.1, -0.05) is 0 Å². The van der Waals surface area contributed by atoms with Crippen molar-refractivity contribution in [1.29, 1.82) is 0 Å². The molecule has 3 nitrogen and oxygen atoms in total. The molecule has 0 radical (unpaired) electrons. The van der Waals surface area contributed by atoms with Crippen LogP contribution in [0, 0.1) is 0 Å². The van der Waals surface area contributed by atoms with Crippen LogP contribution in [0.2, 0.25) is 0 Å². The number of aromatic nitrogens is 2. The van der Waals surface area contributed by atoms with Crippen molar-refractivity contribution in [3.05, 3.63) is 30.2 Å². The van der Waals surface area contributed by atoms with Crippen LogP contribution in [0.25, 0.3) is 10.9 Å². The average molecular weight is 227 g/mol. The second-order valence-corrected chi connectivity index (χ2v) is 4.76. The van der Waals surface area contributed by atoms with E-state index in [0.29, 0.717) is 5.92 Å². The minimum Gasteiger partial charge on any atom is -0.375 e. The monoisotopic (exact) mass is 227 g/mol. The predicted octanol–water partition coefficient (Wildman–Crippen LogP) is 2.96. The third kappa shape index (κ3) is 1.97. The van der Waals surface area contributed by atoms with E-state index >= 15 is 0 Å². The molecule has 0 spiro atoms. The van der Waals surface area contributed by atoms with Crippen molar-refractivity contribution in [2.45, 2.75) is 25.7 Å². The molecule has 17 heavy (non-hydrogen) atoms. The van der Waals surface area contributed by atoms with Crippen LogP contribution in [-0.4, -0.2) is 23.6 Å². The lowest BCUT2D eigenvalue weighted by atomic mass is 10.2. The third-order valence-corrected chi connectivity index (χ3v) is 3.44. The minimum atomic E-state index is 0.623. The van der Waals surface area contributed by atoms with Gasteiger partial charge in [0.05, 0.1) is 5.52 Å². The summed E-state index contributed by atoms with van der Waals surface area (Å²) < 4.78 is 0. The molecular formula is C14H17N3. The molecule has 1 aromatic carbocycles. The van der Waals surface area contributed by atoms with Gasteiger partial charge in [-0.05, 0) is 38.0 Å². The summed E-state index contributed by atoms with van der Waals surface area (Å²) in [6, 6.07) is 6.40. The zero-order valence-electron chi connectivity index (χ0n) is 10.3. The van der Waals surface area contributed by atoms with Crippen molar-refractivity contribution < 1.29 is 0 Å². The smallest absolute Gasteiger partial charge is 0.132 e. The van der Waals surface area contributed by atoms with E-state index in [4.69, 9.17) is 0 Å². The van der Waals surface area contributed by atoms with E-state index in [1.807, 2.05) is 6.20 Å². The maximum atomic E-state index is 4.63. The van der Waals surface area contributed by atoms with Crippen LogP contribution < -0.4 is 4.90 Å². The highest BCUT2D eigenvalue weighted by Crippen LogP contribution is 2.38. The molecule has 2 aromatic rings. The fraction of sp³-hybridized carbons (Fsp3) is 0.429. The Morgan fingerprint density at radius 3 is 2.88 bits per heavy atom. The van der Waals surface area contributed by atoms with Gasteiger partial charge in [0.2, 0.25) is 0 Å². The van der Waals surface area contributed by atoms with Gasteiger partial charge in [0.1, 0.15) is 5.82 Å². The van der Waals surface area contributed by atoms with Gasteiger partial charge in [-0.3, -0.25) is 0 Å². The van der Waals surface area contributed by atoms with E-state index < -0.39 is 0 Å². The quantitative estimate of drug-likeness (QED) is 0.807. The topological polar surface area (TPSA) is 29.0 Å². The van der Waals surface area contributed by atoms with Gasteiger partial charge in [0, 0.05) is 36.8 Å². The lowest BCUT2D eigenvalue weighted by molar-refractivity contribution is 0.945. The van der Waals surface area contributed by atoms with E-state index in [9.17, 15) is 0 Å². The molecule has 3 rings (SSSR count). The number of anilines is 1. The van der Waals surface area contributed by atoms with E-state index in [-0.39, 0.29) is 0 Å². The Morgan fingerprint density at radius 1 is 1.35 bits per heavy atom. The zero-order valence-corrected chi connectivity index (χ0v) is 10.3. The molecule has 3 heteroatoms. The van der Waals surface area contributed by atoms with Crippen molar-refractivity contribution in [3.63, 3.8) is 0 Å². The molecule has 0 unspecified atom stereocenters. The standard InChI is InChI=1S/C14H17N3/c1-3-17(2)12-6-7-13-11(8-12)9-15-14(16-13)10-4-5-10/h6-10H,3-5H2,1-2H3. The highest BCUT2D eigenvalue weighted by atomic mass is 15.1. The van der Waals surface area contributed by atoms with Crippen molar-refractivity contribution in [2.75, 3.05) is 18.5 Å². The highest BCUT2D eigenvalue weighted by molar-refractivity contribution is 5.81. The molecule has 1 aliphatic carbocycles. The summed E-state index contributed by atoms with van der Waals surface area (Å²) in [5, 5.41) is 1.13. The van der Waals surface area contributed by atoms with Crippen molar-refractivity contribution in [2.24, 2.45) is 0 Å². The Hall–Kier alpha value is -1.64. The SMILES string of the molecule is CCN(C)c1ccc2nc(C3CC3)ncc2c1. The number of benzene rings is 1. The number of nitrogens with zero attached hydrogens (tertiary/aromatic N) is 3. The Morgan fingerprint density at radius 2 is 2.18 bits per heavy atom. The summed E-state index contributed by atoms with van der Waals surface area (Å²) in [4.78, 5) is 11.3. The molecule has 0 amide bonds. The Bertz CT molecular complexity index is 546. The Kier molecular flexibility index (Phi) is 2.46. The van der Waals surface area contributed by atoms with E-state index in [1.54, 1.807) is 0 Å².